The van der Waals surface area contributed by atoms with Crippen molar-refractivity contribution in [1.82, 2.24) is 10.6 Å². The summed E-state index contributed by atoms with van der Waals surface area (Å²) in [6.45, 7) is 4.67. The molecule has 3 rings (SSSR count). The molecule has 0 amide bonds. The average molecular weight is 431 g/mol. The van der Waals surface area contributed by atoms with Crippen LogP contribution in [0, 0.1) is 11.7 Å². The van der Waals surface area contributed by atoms with E-state index >= 15 is 0 Å². The molecule has 0 saturated heterocycles. The third-order valence-corrected chi connectivity index (χ3v) is 4.72. The zero-order valence-electron chi connectivity index (χ0n) is 13.8. The number of nitrogens with zero attached hydrogens (tertiary/aromatic N) is 1. The van der Waals surface area contributed by atoms with Gasteiger partial charge >= 0.3 is 0 Å². The molecule has 0 heterocycles. The van der Waals surface area contributed by atoms with Crippen molar-refractivity contribution in [2.75, 3.05) is 19.6 Å². The van der Waals surface area contributed by atoms with Gasteiger partial charge in [-0.25, -0.2) is 4.39 Å². The summed E-state index contributed by atoms with van der Waals surface area (Å²) in [5.74, 6) is 1.67. The third-order valence-electron chi connectivity index (χ3n) is 4.72. The minimum absolute atomic E-state index is 0. The van der Waals surface area contributed by atoms with E-state index in [-0.39, 0.29) is 35.2 Å². The minimum atomic E-state index is -0.151. The van der Waals surface area contributed by atoms with Crippen LogP contribution in [0.2, 0.25) is 0 Å². The van der Waals surface area contributed by atoms with Crippen LogP contribution in [-0.2, 0) is 5.41 Å². The van der Waals surface area contributed by atoms with Crippen molar-refractivity contribution in [1.29, 1.82) is 0 Å². The molecule has 2 saturated carbocycles. The van der Waals surface area contributed by atoms with Crippen LogP contribution in [0.4, 0.5) is 4.39 Å². The summed E-state index contributed by atoms with van der Waals surface area (Å²) in [5.41, 5.74) is 1.14. The summed E-state index contributed by atoms with van der Waals surface area (Å²) >= 11 is 0. The molecular weight excluding hydrogens is 404 g/mol. The first-order valence-electron chi connectivity index (χ1n) is 8.50. The molecule has 2 aliphatic carbocycles. The fourth-order valence-corrected chi connectivity index (χ4v) is 2.88. The Morgan fingerprint density at radius 1 is 1.30 bits per heavy atom. The van der Waals surface area contributed by atoms with Crippen LogP contribution < -0.4 is 10.6 Å². The summed E-state index contributed by atoms with van der Waals surface area (Å²) < 4.78 is 13.4. The molecule has 23 heavy (non-hydrogen) atoms. The van der Waals surface area contributed by atoms with Gasteiger partial charge in [-0.2, -0.15) is 0 Å². The highest BCUT2D eigenvalue weighted by molar-refractivity contribution is 14.0. The van der Waals surface area contributed by atoms with E-state index in [1.807, 2.05) is 6.07 Å². The van der Waals surface area contributed by atoms with E-state index in [2.05, 4.69) is 17.6 Å². The summed E-state index contributed by atoms with van der Waals surface area (Å²) in [6, 6.07) is 6.99. The van der Waals surface area contributed by atoms with Crippen LogP contribution in [0.25, 0.3) is 0 Å². The second-order valence-corrected chi connectivity index (χ2v) is 6.64. The van der Waals surface area contributed by atoms with Crippen molar-refractivity contribution in [3.63, 3.8) is 0 Å². The lowest BCUT2D eigenvalue weighted by Gasteiger charge is -2.16. The molecule has 2 aliphatic rings. The Bertz CT molecular complexity index is 539. The number of benzene rings is 1. The second-order valence-electron chi connectivity index (χ2n) is 6.64. The fourth-order valence-electron chi connectivity index (χ4n) is 2.88. The number of nitrogens with one attached hydrogen (secondary N) is 2. The molecule has 2 N–H and O–H groups in total. The van der Waals surface area contributed by atoms with Gasteiger partial charge in [-0.15, -0.1) is 24.0 Å². The summed E-state index contributed by atoms with van der Waals surface area (Å²) in [6.07, 6.45) is 6.21. The normalized spacial score (nSPS) is 19.0. The van der Waals surface area contributed by atoms with Crippen LogP contribution in [-0.4, -0.2) is 25.6 Å². The summed E-state index contributed by atoms with van der Waals surface area (Å²) in [5, 5.41) is 6.72. The van der Waals surface area contributed by atoms with Gasteiger partial charge in [0.1, 0.15) is 5.82 Å². The Labute approximate surface area is 155 Å². The van der Waals surface area contributed by atoms with E-state index in [1.165, 1.54) is 25.3 Å². The topological polar surface area (TPSA) is 36.4 Å². The van der Waals surface area contributed by atoms with Crippen molar-refractivity contribution in [2.24, 2.45) is 10.9 Å². The highest BCUT2D eigenvalue weighted by atomic mass is 127. The van der Waals surface area contributed by atoms with E-state index in [0.29, 0.717) is 0 Å². The third kappa shape index (κ3) is 5.33. The number of rotatable bonds is 7. The van der Waals surface area contributed by atoms with Gasteiger partial charge < -0.3 is 10.6 Å². The van der Waals surface area contributed by atoms with E-state index in [4.69, 9.17) is 4.99 Å². The number of halogens is 2. The van der Waals surface area contributed by atoms with E-state index < -0.39 is 0 Å². The predicted octanol–water partition coefficient (Wildman–Crippen LogP) is 3.83. The molecule has 0 aromatic heterocycles. The van der Waals surface area contributed by atoms with Crippen molar-refractivity contribution >= 4 is 29.9 Å². The maximum atomic E-state index is 13.4. The molecule has 5 heteroatoms. The van der Waals surface area contributed by atoms with E-state index in [0.717, 1.165) is 49.9 Å². The van der Waals surface area contributed by atoms with Gasteiger partial charge in [-0.3, -0.25) is 4.99 Å². The predicted molar refractivity (Wildman–Crippen MR) is 104 cm³/mol. The van der Waals surface area contributed by atoms with Gasteiger partial charge in [0.05, 0.1) is 6.54 Å². The molecule has 0 atom stereocenters. The van der Waals surface area contributed by atoms with E-state index in [1.54, 1.807) is 12.1 Å². The SMILES string of the molecule is CCNC(=NCC1(c2cccc(F)c2)CC1)NCCC1CC1.I. The van der Waals surface area contributed by atoms with Crippen molar-refractivity contribution < 1.29 is 4.39 Å². The first-order chi connectivity index (χ1) is 10.7. The zero-order valence-corrected chi connectivity index (χ0v) is 16.1. The minimum Gasteiger partial charge on any atom is -0.357 e. The Morgan fingerprint density at radius 2 is 2.09 bits per heavy atom. The number of hydrogen-bond donors (Lipinski definition) is 2. The van der Waals surface area contributed by atoms with Crippen LogP contribution in [0.3, 0.4) is 0 Å². The Kier molecular flexibility index (Phi) is 6.68. The standard InChI is InChI=1S/C18H26FN3.HI/c1-2-20-17(21-11-8-14-6-7-14)22-13-18(9-10-18)15-4-3-5-16(19)12-15;/h3-5,12,14H,2,6-11,13H2,1H3,(H2,20,21,22);1H. The Morgan fingerprint density at radius 3 is 2.70 bits per heavy atom. The fraction of sp³-hybridized carbons (Fsp3) is 0.611. The summed E-state index contributed by atoms with van der Waals surface area (Å²) in [4.78, 5) is 4.74. The maximum Gasteiger partial charge on any atom is 0.191 e. The molecule has 0 bridgehead atoms. The lowest BCUT2D eigenvalue weighted by Crippen LogP contribution is -2.38. The number of aliphatic imine (C=N–C) groups is 1. The van der Waals surface area contributed by atoms with Crippen molar-refractivity contribution in [3.8, 4) is 0 Å². The molecule has 1 aromatic rings. The highest BCUT2D eigenvalue weighted by Crippen LogP contribution is 2.48. The average Bonchev–Trinajstić information content (AvgIpc) is 3.40. The molecule has 0 radical (unpaired) electrons. The number of guanidine groups is 1. The molecule has 0 aliphatic heterocycles. The molecule has 3 nitrogen and oxygen atoms in total. The van der Waals surface area contributed by atoms with Gasteiger partial charge in [0, 0.05) is 18.5 Å². The second kappa shape index (κ2) is 8.31. The molecule has 2 fully saturated rings. The molecule has 1 aromatic carbocycles. The maximum absolute atomic E-state index is 13.4. The molecule has 0 spiro atoms. The van der Waals surface area contributed by atoms with Gasteiger partial charge in [0.2, 0.25) is 0 Å². The summed E-state index contributed by atoms with van der Waals surface area (Å²) in [7, 11) is 0. The van der Waals surface area contributed by atoms with Crippen molar-refractivity contribution in [3.05, 3.63) is 35.6 Å². The zero-order chi connectivity index (χ0) is 15.4. The van der Waals surface area contributed by atoms with E-state index in [9.17, 15) is 4.39 Å². The van der Waals surface area contributed by atoms with Gasteiger partial charge in [-0.05, 0) is 49.8 Å². The van der Waals surface area contributed by atoms with Crippen LogP contribution in [0.1, 0.15) is 44.6 Å². The van der Waals surface area contributed by atoms with Gasteiger partial charge in [0.15, 0.2) is 5.96 Å². The smallest absolute Gasteiger partial charge is 0.191 e. The highest BCUT2D eigenvalue weighted by Gasteiger charge is 2.44. The molecule has 128 valence electrons. The first kappa shape index (κ1) is 18.5. The molecular formula is C18H27FIN3. The van der Waals surface area contributed by atoms with Crippen LogP contribution in [0.5, 0.6) is 0 Å². The largest absolute Gasteiger partial charge is 0.357 e. The van der Waals surface area contributed by atoms with Gasteiger partial charge in [0.25, 0.3) is 0 Å². The monoisotopic (exact) mass is 431 g/mol. The molecule has 0 unspecified atom stereocenters. The number of hydrogen-bond acceptors (Lipinski definition) is 1. The lowest BCUT2D eigenvalue weighted by molar-refractivity contribution is 0.615. The van der Waals surface area contributed by atoms with Crippen molar-refractivity contribution in [2.45, 2.75) is 44.4 Å². The first-order valence-corrected chi connectivity index (χ1v) is 8.50. The van der Waals surface area contributed by atoms with Gasteiger partial charge in [-0.1, -0.05) is 25.0 Å². The Balaban J connectivity index is 0.00000192. The quantitative estimate of drug-likeness (QED) is 0.391. The lowest BCUT2D eigenvalue weighted by atomic mass is 9.96. The Hall–Kier alpha value is -0.850. The van der Waals surface area contributed by atoms with Crippen LogP contribution >= 0.6 is 24.0 Å². The van der Waals surface area contributed by atoms with Crippen LogP contribution in [0.15, 0.2) is 29.3 Å².